The fraction of sp³-hybridized carbons (Fsp3) is 0.267. The Morgan fingerprint density at radius 3 is 2.80 bits per heavy atom. The van der Waals surface area contributed by atoms with Gasteiger partial charge in [0.05, 0.1) is 15.9 Å². The molecule has 0 N–H and O–H groups in total. The van der Waals surface area contributed by atoms with Gasteiger partial charge in [0.2, 0.25) is 0 Å². The molecule has 1 heterocycles. The summed E-state index contributed by atoms with van der Waals surface area (Å²) in [5.41, 5.74) is 2.57. The number of carbonyl (C=O) groups is 1. The van der Waals surface area contributed by atoms with Crippen LogP contribution in [-0.2, 0) is 12.8 Å². The van der Waals surface area contributed by atoms with Gasteiger partial charge >= 0.3 is 0 Å². The number of Topliss-reactive ketones (excluding diaryl/α,β-unsaturated/α-hetero) is 1. The summed E-state index contributed by atoms with van der Waals surface area (Å²) in [5.74, 6) is -0.443. The van der Waals surface area contributed by atoms with Gasteiger partial charge in [-0.2, -0.15) is 10.2 Å². The quantitative estimate of drug-likeness (QED) is 0.800. The molecule has 0 aliphatic carbocycles. The van der Waals surface area contributed by atoms with E-state index in [1.54, 1.807) is 25.1 Å². The molecule has 0 fully saturated rings. The lowest BCUT2D eigenvalue weighted by Crippen LogP contribution is -2.11. The van der Waals surface area contributed by atoms with Crippen molar-refractivity contribution in [3.05, 3.63) is 57.1 Å². The Bertz CT molecular complexity index is 658. The molecule has 2 rings (SSSR count). The van der Waals surface area contributed by atoms with Crippen LogP contribution in [0.2, 0.25) is 0 Å². The van der Waals surface area contributed by atoms with Crippen molar-refractivity contribution in [3.8, 4) is 0 Å². The fourth-order valence-electron chi connectivity index (χ4n) is 1.97. The second kappa shape index (κ2) is 6.22. The third kappa shape index (κ3) is 3.10. The van der Waals surface area contributed by atoms with Crippen molar-refractivity contribution < 1.29 is 9.18 Å². The van der Waals surface area contributed by atoms with Crippen molar-refractivity contribution in [2.45, 2.75) is 26.7 Å². The van der Waals surface area contributed by atoms with Crippen LogP contribution >= 0.6 is 15.9 Å². The summed E-state index contributed by atoms with van der Waals surface area (Å²) in [6.45, 7) is 3.72. The van der Waals surface area contributed by atoms with E-state index >= 15 is 0 Å². The first-order chi connectivity index (χ1) is 9.52. The van der Waals surface area contributed by atoms with E-state index in [9.17, 15) is 9.18 Å². The molecule has 20 heavy (non-hydrogen) atoms. The van der Waals surface area contributed by atoms with Crippen molar-refractivity contribution in [3.63, 3.8) is 0 Å². The van der Waals surface area contributed by atoms with Crippen LogP contribution in [0.1, 0.15) is 34.2 Å². The Balaban J connectivity index is 2.33. The zero-order valence-electron chi connectivity index (χ0n) is 11.3. The maximum atomic E-state index is 13.5. The number of halogens is 2. The molecule has 0 saturated carbocycles. The summed E-state index contributed by atoms with van der Waals surface area (Å²) >= 11 is 3.18. The molecule has 1 aromatic heterocycles. The van der Waals surface area contributed by atoms with E-state index in [0.717, 1.165) is 0 Å². The highest BCUT2D eigenvalue weighted by Crippen LogP contribution is 2.22. The van der Waals surface area contributed by atoms with Gasteiger partial charge in [-0.05, 0) is 47.0 Å². The minimum Gasteiger partial charge on any atom is -0.294 e. The lowest BCUT2D eigenvalue weighted by molar-refractivity contribution is 0.0991. The van der Waals surface area contributed by atoms with Gasteiger partial charge in [0.1, 0.15) is 5.82 Å². The summed E-state index contributed by atoms with van der Waals surface area (Å²) in [6, 6.07) is 6.42. The fourth-order valence-corrected chi connectivity index (χ4v) is 2.37. The van der Waals surface area contributed by atoms with Crippen LogP contribution in [0.4, 0.5) is 4.39 Å². The average Bonchev–Trinajstić information content (AvgIpc) is 2.43. The molecule has 3 nitrogen and oxygen atoms in total. The largest absolute Gasteiger partial charge is 0.294 e. The Morgan fingerprint density at radius 2 is 2.10 bits per heavy atom. The number of hydrogen-bond acceptors (Lipinski definition) is 3. The molecule has 1 aromatic carbocycles. The maximum absolute atomic E-state index is 13.5. The number of nitrogens with zero attached hydrogens (tertiary/aromatic N) is 2. The van der Waals surface area contributed by atoms with E-state index in [1.165, 1.54) is 6.07 Å². The number of ketones is 1. The summed E-state index contributed by atoms with van der Waals surface area (Å²) in [7, 11) is 0. The maximum Gasteiger partial charge on any atom is 0.169 e. The molecule has 0 saturated heterocycles. The van der Waals surface area contributed by atoms with Gasteiger partial charge in [0.15, 0.2) is 5.78 Å². The molecule has 0 atom stereocenters. The van der Waals surface area contributed by atoms with Gasteiger partial charge < -0.3 is 0 Å². The SMILES string of the molecule is CCc1nnc(C)cc1C(=O)Cc1cccc(F)c1Br. The predicted octanol–water partition coefficient (Wildman–Crippen LogP) is 3.67. The van der Waals surface area contributed by atoms with Gasteiger partial charge in [-0.15, -0.1) is 0 Å². The predicted molar refractivity (Wildman–Crippen MR) is 78.3 cm³/mol. The van der Waals surface area contributed by atoms with Gasteiger partial charge in [0.25, 0.3) is 0 Å². The molecule has 0 amide bonds. The summed E-state index contributed by atoms with van der Waals surface area (Å²) in [6.07, 6.45) is 0.773. The number of rotatable bonds is 4. The third-order valence-electron chi connectivity index (χ3n) is 3.01. The van der Waals surface area contributed by atoms with Crippen molar-refractivity contribution >= 4 is 21.7 Å². The molecule has 0 radical (unpaired) electrons. The molecule has 5 heteroatoms. The lowest BCUT2D eigenvalue weighted by atomic mass is 10.0. The minimum atomic E-state index is -0.366. The third-order valence-corrected chi connectivity index (χ3v) is 3.90. The summed E-state index contributed by atoms with van der Waals surface area (Å²) in [5, 5.41) is 8.00. The molecular weight excluding hydrogens is 323 g/mol. The number of benzene rings is 1. The summed E-state index contributed by atoms with van der Waals surface area (Å²) < 4.78 is 13.8. The molecule has 0 bridgehead atoms. The zero-order valence-corrected chi connectivity index (χ0v) is 12.9. The highest BCUT2D eigenvalue weighted by molar-refractivity contribution is 9.10. The van der Waals surface area contributed by atoms with E-state index in [4.69, 9.17) is 0 Å². The Labute approximate surface area is 125 Å². The van der Waals surface area contributed by atoms with E-state index in [1.807, 2.05) is 6.92 Å². The normalized spacial score (nSPS) is 10.6. The smallest absolute Gasteiger partial charge is 0.169 e. The van der Waals surface area contributed by atoms with Crippen molar-refractivity contribution in [1.82, 2.24) is 10.2 Å². The highest BCUT2D eigenvalue weighted by Gasteiger charge is 2.16. The molecule has 2 aromatic rings. The van der Waals surface area contributed by atoms with E-state index in [2.05, 4.69) is 26.1 Å². The van der Waals surface area contributed by atoms with Crippen LogP contribution in [0.5, 0.6) is 0 Å². The number of hydrogen-bond donors (Lipinski definition) is 0. The Hall–Kier alpha value is -1.62. The minimum absolute atomic E-state index is 0.0776. The lowest BCUT2D eigenvalue weighted by Gasteiger charge is -2.08. The van der Waals surface area contributed by atoms with Gasteiger partial charge in [-0.25, -0.2) is 4.39 Å². The van der Waals surface area contributed by atoms with Gasteiger partial charge in [0, 0.05) is 12.0 Å². The van der Waals surface area contributed by atoms with Crippen LogP contribution < -0.4 is 0 Å². The van der Waals surface area contributed by atoms with E-state index in [0.29, 0.717) is 33.4 Å². The zero-order chi connectivity index (χ0) is 14.7. The topological polar surface area (TPSA) is 42.9 Å². The second-order valence-electron chi connectivity index (χ2n) is 4.51. The Kier molecular flexibility index (Phi) is 4.60. The van der Waals surface area contributed by atoms with Crippen LogP contribution in [0, 0.1) is 12.7 Å². The second-order valence-corrected chi connectivity index (χ2v) is 5.31. The van der Waals surface area contributed by atoms with Crippen LogP contribution in [0.25, 0.3) is 0 Å². The van der Waals surface area contributed by atoms with E-state index in [-0.39, 0.29) is 18.0 Å². The van der Waals surface area contributed by atoms with E-state index < -0.39 is 0 Å². The molecule has 104 valence electrons. The summed E-state index contributed by atoms with van der Waals surface area (Å²) in [4.78, 5) is 12.4. The average molecular weight is 337 g/mol. The first-order valence-electron chi connectivity index (χ1n) is 6.32. The van der Waals surface area contributed by atoms with Crippen molar-refractivity contribution in [2.75, 3.05) is 0 Å². The van der Waals surface area contributed by atoms with Crippen LogP contribution in [0.3, 0.4) is 0 Å². The standard InChI is InChI=1S/C15H14BrFN2O/c1-3-13-11(7-9(2)18-19-13)14(20)8-10-5-4-6-12(17)15(10)16/h4-7H,3,8H2,1-2H3. The molecule has 0 aliphatic heterocycles. The Morgan fingerprint density at radius 1 is 1.35 bits per heavy atom. The van der Waals surface area contributed by atoms with Crippen molar-refractivity contribution in [2.24, 2.45) is 0 Å². The van der Waals surface area contributed by atoms with Gasteiger partial charge in [-0.3, -0.25) is 4.79 Å². The van der Waals surface area contributed by atoms with Gasteiger partial charge in [-0.1, -0.05) is 19.1 Å². The number of carbonyl (C=O) groups excluding carboxylic acids is 1. The molecule has 0 spiro atoms. The first kappa shape index (κ1) is 14.8. The van der Waals surface area contributed by atoms with Crippen LogP contribution in [0.15, 0.2) is 28.7 Å². The van der Waals surface area contributed by atoms with Crippen LogP contribution in [-0.4, -0.2) is 16.0 Å². The van der Waals surface area contributed by atoms with Crippen molar-refractivity contribution in [1.29, 1.82) is 0 Å². The molecule has 0 unspecified atom stereocenters. The highest BCUT2D eigenvalue weighted by atomic mass is 79.9. The molecule has 0 aliphatic rings. The first-order valence-corrected chi connectivity index (χ1v) is 7.11. The monoisotopic (exact) mass is 336 g/mol. The molecular formula is C15H14BrFN2O. The number of aromatic nitrogens is 2. The number of aryl methyl sites for hydroxylation is 2.